The molecule has 2 aromatic rings. The SMILES string of the molecule is Cn1c(=O)n(C)c2cc(C(Br)C3CCCOC3)c(Br)cc21. The van der Waals surface area contributed by atoms with E-state index in [1.807, 2.05) is 13.1 Å². The summed E-state index contributed by atoms with van der Waals surface area (Å²) < 4.78 is 10.00. The second kappa shape index (κ2) is 5.89. The van der Waals surface area contributed by atoms with Crippen LogP contribution >= 0.6 is 31.9 Å². The van der Waals surface area contributed by atoms with Crippen molar-refractivity contribution in [3.05, 3.63) is 32.7 Å². The Hall–Kier alpha value is -0.590. The van der Waals surface area contributed by atoms with E-state index < -0.39 is 0 Å². The van der Waals surface area contributed by atoms with Crippen molar-refractivity contribution in [2.45, 2.75) is 17.7 Å². The van der Waals surface area contributed by atoms with Crippen molar-refractivity contribution >= 4 is 42.9 Å². The topological polar surface area (TPSA) is 36.2 Å². The van der Waals surface area contributed by atoms with Gasteiger partial charge in [-0.2, -0.15) is 0 Å². The monoisotopic (exact) mass is 416 g/mol. The van der Waals surface area contributed by atoms with E-state index in [1.54, 1.807) is 16.2 Å². The fourth-order valence-corrected chi connectivity index (χ4v) is 4.68. The number of aromatic nitrogens is 2. The van der Waals surface area contributed by atoms with Gasteiger partial charge in [-0.05, 0) is 36.5 Å². The third-order valence-corrected chi connectivity index (χ3v) is 6.22. The van der Waals surface area contributed by atoms with Gasteiger partial charge >= 0.3 is 5.69 Å². The summed E-state index contributed by atoms with van der Waals surface area (Å²) in [7, 11) is 3.62. The van der Waals surface area contributed by atoms with Crippen molar-refractivity contribution in [1.82, 2.24) is 9.13 Å². The van der Waals surface area contributed by atoms with Gasteiger partial charge in [0.05, 0.1) is 17.6 Å². The number of benzene rings is 1. The van der Waals surface area contributed by atoms with Gasteiger partial charge in [-0.25, -0.2) is 4.79 Å². The number of nitrogens with zero attached hydrogens (tertiary/aromatic N) is 2. The number of fused-ring (bicyclic) bond motifs is 1. The molecule has 0 saturated carbocycles. The van der Waals surface area contributed by atoms with E-state index in [-0.39, 0.29) is 10.5 Å². The lowest BCUT2D eigenvalue weighted by atomic mass is 9.94. The van der Waals surface area contributed by atoms with Crippen LogP contribution in [0.4, 0.5) is 0 Å². The summed E-state index contributed by atoms with van der Waals surface area (Å²) in [5, 5.41) is 0. The molecule has 2 heterocycles. The molecule has 1 saturated heterocycles. The molecule has 114 valence electrons. The van der Waals surface area contributed by atoms with Crippen molar-refractivity contribution < 1.29 is 4.74 Å². The molecule has 0 amide bonds. The third kappa shape index (κ3) is 2.62. The molecule has 2 atom stereocenters. The smallest absolute Gasteiger partial charge is 0.328 e. The molecule has 1 fully saturated rings. The van der Waals surface area contributed by atoms with E-state index >= 15 is 0 Å². The molecule has 0 N–H and O–H groups in total. The van der Waals surface area contributed by atoms with E-state index in [1.165, 1.54) is 5.56 Å². The zero-order valence-corrected chi connectivity index (χ0v) is 15.3. The largest absolute Gasteiger partial charge is 0.381 e. The summed E-state index contributed by atoms with van der Waals surface area (Å²) >= 11 is 7.49. The first kappa shape index (κ1) is 15.3. The Bertz CT molecular complexity index is 729. The molecule has 3 rings (SSSR count). The predicted molar refractivity (Wildman–Crippen MR) is 91.1 cm³/mol. The number of hydrogen-bond donors (Lipinski definition) is 0. The fraction of sp³-hybridized carbons (Fsp3) is 0.533. The summed E-state index contributed by atoms with van der Waals surface area (Å²) in [6, 6.07) is 4.14. The molecule has 1 aliphatic heterocycles. The van der Waals surface area contributed by atoms with Crippen LogP contribution in [0.5, 0.6) is 0 Å². The number of imidazole rings is 1. The molecule has 4 nitrogen and oxygen atoms in total. The quantitative estimate of drug-likeness (QED) is 0.701. The number of aryl methyl sites for hydroxylation is 2. The molecule has 1 aromatic carbocycles. The lowest BCUT2D eigenvalue weighted by molar-refractivity contribution is 0.0545. The summed E-state index contributed by atoms with van der Waals surface area (Å²) in [5.74, 6) is 0.466. The van der Waals surface area contributed by atoms with E-state index in [0.717, 1.165) is 41.6 Å². The van der Waals surface area contributed by atoms with Gasteiger partial charge in [0.15, 0.2) is 0 Å². The zero-order chi connectivity index (χ0) is 15.1. The highest BCUT2D eigenvalue weighted by atomic mass is 79.9. The summed E-state index contributed by atoms with van der Waals surface area (Å²) in [5.41, 5.74) is 3.08. The van der Waals surface area contributed by atoms with Crippen LogP contribution in [0.1, 0.15) is 23.2 Å². The molecule has 0 bridgehead atoms. The molecular formula is C15H18Br2N2O2. The van der Waals surface area contributed by atoms with Gasteiger partial charge in [-0.1, -0.05) is 31.9 Å². The summed E-state index contributed by atoms with van der Waals surface area (Å²) in [6.07, 6.45) is 2.27. The predicted octanol–water partition coefficient (Wildman–Crippen LogP) is 3.50. The van der Waals surface area contributed by atoms with E-state index in [9.17, 15) is 4.79 Å². The Morgan fingerprint density at radius 1 is 1.29 bits per heavy atom. The number of ether oxygens (including phenoxy) is 1. The van der Waals surface area contributed by atoms with Crippen LogP contribution in [0.2, 0.25) is 0 Å². The van der Waals surface area contributed by atoms with Crippen molar-refractivity contribution in [3.63, 3.8) is 0 Å². The Balaban J connectivity index is 2.08. The molecule has 0 radical (unpaired) electrons. The number of alkyl halides is 1. The molecule has 1 aromatic heterocycles. The summed E-state index contributed by atoms with van der Waals surface area (Å²) in [6.45, 7) is 1.65. The van der Waals surface area contributed by atoms with Crippen LogP contribution < -0.4 is 5.69 Å². The average Bonchev–Trinajstić information content (AvgIpc) is 2.71. The summed E-state index contributed by atoms with van der Waals surface area (Å²) in [4.78, 5) is 12.3. The zero-order valence-electron chi connectivity index (χ0n) is 12.1. The Kier molecular flexibility index (Phi) is 4.30. The third-order valence-electron chi connectivity index (χ3n) is 4.30. The van der Waals surface area contributed by atoms with Crippen LogP contribution in [-0.2, 0) is 18.8 Å². The van der Waals surface area contributed by atoms with Gasteiger partial charge in [0.1, 0.15) is 0 Å². The second-order valence-electron chi connectivity index (χ2n) is 5.64. The van der Waals surface area contributed by atoms with Crippen molar-refractivity contribution in [1.29, 1.82) is 0 Å². The van der Waals surface area contributed by atoms with E-state index in [4.69, 9.17) is 4.74 Å². The molecule has 1 aliphatic rings. The van der Waals surface area contributed by atoms with Gasteiger partial charge in [0.2, 0.25) is 0 Å². The minimum atomic E-state index is 0.00109. The molecule has 21 heavy (non-hydrogen) atoms. The number of rotatable bonds is 2. The van der Waals surface area contributed by atoms with Crippen LogP contribution in [0.25, 0.3) is 11.0 Å². The van der Waals surface area contributed by atoms with Gasteiger partial charge in [-0.3, -0.25) is 9.13 Å². The molecule has 0 spiro atoms. The second-order valence-corrected chi connectivity index (χ2v) is 7.48. The van der Waals surface area contributed by atoms with Gasteiger partial charge < -0.3 is 4.74 Å². The van der Waals surface area contributed by atoms with Gasteiger partial charge in [-0.15, -0.1) is 0 Å². The van der Waals surface area contributed by atoms with Crippen molar-refractivity contribution in [2.24, 2.45) is 20.0 Å². The lowest BCUT2D eigenvalue weighted by Crippen LogP contribution is -2.21. The van der Waals surface area contributed by atoms with E-state index in [0.29, 0.717) is 5.92 Å². The Morgan fingerprint density at radius 2 is 1.95 bits per heavy atom. The maximum absolute atomic E-state index is 12.1. The fourth-order valence-electron chi connectivity index (χ4n) is 3.00. The highest BCUT2D eigenvalue weighted by molar-refractivity contribution is 9.11. The molecule has 0 aliphatic carbocycles. The standard InChI is InChI=1S/C15H18Br2N2O2/c1-18-12-6-10(14(17)9-4-3-5-21-8-9)11(16)7-13(12)19(2)15(18)20/h6-7,9,14H,3-5,8H2,1-2H3. The Morgan fingerprint density at radius 3 is 2.57 bits per heavy atom. The van der Waals surface area contributed by atoms with Gasteiger partial charge in [0.25, 0.3) is 0 Å². The first-order valence-corrected chi connectivity index (χ1v) is 8.78. The van der Waals surface area contributed by atoms with E-state index in [2.05, 4.69) is 37.9 Å². The highest BCUT2D eigenvalue weighted by Gasteiger charge is 2.26. The minimum absolute atomic E-state index is 0.00109. The van der Waals surface area contributed by atoms with Crippen molar-refractivity contribution in [3.8, 4) is 0 Å². The maximum Gasteiger partial charge on any atom is 0.328 e. The van der Waals surface area contributed by atoms with Crippen LogP contribution in [-0.4, -0.2) is 22.3 Å². The normalized spacial score (nSPS) is 20.9. The minimum Gasteiger partial charge on any atom is -0.381 e. The van der Waals surface area contributed by atoms with Gasteiger partial charge in [0, 0.05) is 30.0 Å². The Labute approximate surface area is 140 Å². The molecular weight excluding hydrogens is 400 g/mol. The van der Waals surface area contributed by atoms with Crippen LogP contribution in [0.15, 0.2) is 21.4 Å². The molecule has 2 unspecified atom stereocenters. The number of hydrogen-bond acceptors (Lipinski definition) is 2. The average molecular weight is 418 g/mol. The highest BCUT2D eigenvalue weighted by Crippen LogP contribution is 2.40. The molecule has 6 heteroatoms. The lowest BCUT2D eigenvalue weighted by Gasteiger charge is -2.27. The van der Waals surface area contributed by atoms with Crippen LogP contribution in [0.3, 0.4) is 0 Å². The first-order valence-electron chi connectivity index (χ1n) is 7.07. The van der Waals surface area contributed by atoms with Crippen LogP contribution in [0, 0.1) is 5.92 Å². The van der Waals surface area contributed by atoms with Crippen molar-refractivity contribution in [2.75, 3.05) is 13.2 Å². The number of halogens is 2. The first-order chi connectivity index (χ1) is 10.0. The maximum atomic E-state index is 12.1.